The Balaban J connectivity index is 1.19. The second kappa shape index (κ2) is 13.9. The summed E-state index contributed by atoms with van der Waals surface area (Å²) in [5, 5.41) is 8.30. The van der Waals surface area contributed by atoms with Gasteiger partial charge in [-0.05, 0) is 73.1 Å². The first-order valence-corrected chi connectivity index (χ1v) is 17.2. The van der Waals surface area contributed by atoms with E-state index in [0.29, 0.717) is 22.9 Å². The number of thiocarbonyl (C=S) groups is 1. The monoisotopic (exact) mass is 631 g/mol. The molecule has 3 heterocycles. The molecule has 3 fully saturated rings. The zero-order chi connectivity index (χ0) is 30.5. The van der Waals surface area contributed by atoms with Crippen molar-refractivity contribution in [2.75, 3.05) is 65.8 Å². The van der Waals surface area contributed by atoms with Gasteiger partial charge in [-0.2, -0.15) is 9.97 Å². The fourth-order valence-corrected chi connectivity index (χ4v) is 7.77. The van der Waals surface area contributed by atoms with Crippen LogP contribution in [0.2, 0.25) is 5.02 Å². The van der Waals surface area contributed by atoms with Crippen LogP contribution in [0.1, 0.15) is 57.9 Å². The largest absolute Gasteiger partial charge is 0.368 e. The molecule has 2 saturated heterocycles. The van der Waals surface area contributed by atoms with Crippen LogP contribution in [0, 0.1) is 11.8 Å². The van der Waals surface area contributed by atoms with E-state index in [0.717, 1.165) is 75.3 Å². The van der Waals surface area contributed by atoms with Crippen LogP contribution < -0.4 is 25.3 Å². The van der Waals surface area contributed by atoms with E-state index < -0.39 is 0 Å². The Bertz CT molecular complexity index is 1380. The summed E-state index contributed by atoms with van der Waals surface area (Å²) in [6.45, 7) is 11.2. The summed E-state index contributed by atoms with van der Waals surface area (Å²) in [4.78, 5) is 17.3. The standard InChI is InChI=1S/C35H46ClN7S/c1-26-21-27(2)24-43(23-26)32-22-31(42-19-17-41(18-20-42)30-9-5-3-6-10-30)38-33(39-32)40-34(44)37-25-35(15-7-4-8-16-35)28-11-13-29(36)14-12-28/h3,5-6,9-14,22,26-27H,4,7-8,15-21,23-25H2,1-2H3,(H2,37,38,39,40,44). The maximum atomic E-state index is 6.23. The fraction of sp³-hybridized carbons (Fsp3) is 0.514. The molecule has 0 spiro atoms. The van der Waals surface area contributed by atoms with Gasteiger partial charge < -0.3 is 25.3 Å². The van der Waals surface area contributed by atoms with E-state index in [1.807, 2.05) is 12.1 Å². The van der Waals surface area contributed by atoms with Crippen LogP contribution in [-0.2, 0) is 5.41 Å². The number of benzene rings is 2. The molecule has 3 aliphatic rings. The molecule has 1 saturated carbocycles. The van der Waals surface area contributed by atoms with Gasteiger partial charge in [0.1, 0.15) is 11.6 Å². The molecule has 9 heteroatoms. The van der Waals surface area contributed by atoms with Crippen molar-refractivity contribution >= 4 is 52.2 Å². The van der Waals surface area contributed by atoms with Crippen LogP contribution in [0.25, 0.3) is 0 Å². The molecule has 234 valence electrons. The fourth-order valence-electron chi connectivity index (χ4n) is 7.48. The van der Waals surface area contributed by atoms with Crippen LogP contribution in [0.4, 0.5) is 23.3 Å². The van der Waals surface area contributed by atoms with Gasteiger partial charge in [-0.25, -0.2) is 0 Å². The third-order valence-corrected chi connectivity index (χ3v) is 10.2. The zero-order valence-corrected chi connectivity index (χ0v) is 27.7. The molecule has 1 aliphatic carbocycles. The predicted molar refractivity (Wildman–Crippen MR) is 188 cm³/mol. The third-order valence-electron chi connectivity index (χ3n) is 9.70. The van der Waals surface area contributed by atoms with Gasteiger partial charge >= 0.3 is 0 Å². The smallest absolute Gasteiger partial charge is 0.232 e. The highest BCUT2D eigenvalue weighted by atomic mass is 35.5. The van der Waals surface area contributed by atoms with Crippen molar-refractivity contribution in [3.63, 3.8) is 0 Å². The van der Waals surface area contributed by atoms with Crippen molar-refractivity contribution in [3.05, 3.63) is 71.2 Å². The van der Waals surface area contributed by atoms with Crippen molar-refractivity contribution in [1.29, 1.82) is 0 Å². The second-order valence-electron chi connectivity index (χ2n) is 13.2. The highest BCUT2D eigenvalue weighted by Gasteiger charge is 2.34. The third kappa shape index (κ3) is 7.40. The minimum absolute atomic E-state index is 0.0426. The van der Waals surface area contributed by atoms with Crippen molar-refractivity contribution in [2.45, 2.75) is 57.8 Å². The lowest BCUT2D eigenvalue weighted by Crippen LogP contribution is -2.47. The van der Waals surface area contributed by atoms with Crippen LogP contribution in [-0.4, -0.2) is 60.9 Å². The second-order valence-corrected chi connectivity index (χ2v) is 14.1. The Labute approximate surface area is 273 Å². The molecule has 1 aromatic heterocycles. The Morgan fingerprint density at radius 1 is 0.841 bits per heavy atom. The summed E-state index contributed by atoms with van der Waals surface area (Å²) >= 11 is 12.1. The highest BCUT2D eigenvalue weighted by molar-refractivity contribution is 7.80. The lowest BCUT2D eigenvalue weighted by molar-refractivity contribution is 0.292. The van der Waals surface area contributed by atoms with Crippen LogP contribution in [0.5, 0.6) is 0 Å². The van der Waals surface area contributed by atoms with Crippen molar-refractivity contribution in [3.8, 4) is 0 Å². The van der Waals surface area contributed by atoms with E-state index in [4.69, 9.17) is 33.8 Å². The summed E-state index contributed by atoms with van der Waals surface area (Å²) < 4.78 is 0. The van der Waals surface area contributed by atoms with Crippen molar-refractivity contribution < 1.29 is 0 Å². The number of halogens is 1. The first-order valence-electron chi connectivity index (χ1n) is 16.4. The van der Waals surface area contributed by atoms with Gasteiger partial charge in [0.15, 0.2) is 5.11 Å². The van der Waals surface area contributed by atoms with Crippen LogP contribution in [0.15, 0.2) is 60.7 Å². The number of para-hydroxylation sites is 1. The Morgan fingerprint density at radius 3 is 2.11 bits per heavy atom. The Hall–Kier alpha value is -3.10. The normalized spacial score (nSPS) is 22.0. The summed E-state index contributed by atoms with van der Waals surface area (Å²) in [5.74, 6) is 3.77. The first kappa shape index (κ1) is 30.9. The van der Waals surface area contributed by atoms with E-state index >= 15 is 0 Å². The van der Waals surface area contributed by atoms with Crippen LogP contribution >= 0.6 is 23.8 Å². The molecule has 0 amide bonds. The number of piperidine rings is 1. The lowest BCUT2D eigenvalue weighted by Gasteiger charge is -2.39. The number of piperazine rings is 1. The first-order chi connectivity index (χ1) is 21.4. The molecule has 2 aliphatic heterocycles. The van der Waals surface area contributed by atoms with Gasteiger partial charge in [-0.15, -0.1) is 0 Å². The topological polar surface area (TPSA) is 59.6 Å². The van der Waals surface area contributed by atoms with E-state index in [1.54, 1.807) is 0 Å². The van der Waals surface area contributed by atoms with Gasteiger partial charge in [-0.3, -0.25) is 0 Å². The Kier molecular flexibility index (Phi) is 9.77. The van der Waals surface area contributed by atoms with Gasteiger partial charge in [-0.1, -0.05) is 75.0 Å². The molecule has 44 heavy (non-hydrogen) atoms. The number of nitrogens with one attached hydrogen (secondary N) is 2. The average molecular weight is 632 g/mol. The predicted octanol–water partition coefficient (Wildman–Crippen LogP) is 7.13. The number of anilines is 4. The SMILES string of the molecule is CC1CC(C)CN(c2cc(N3CCN(c4ccccc4)CC3)nc(NC(=S)NCC3(c4ccc(Cl)cc4)CCCCC3)n2)C1. The molecule has 6 rings (SSSR count). The summed E-state index contributed by atoms with van der Waals surface area (Å²) in [6.07, 6.45) is 7.27. The van der Waals surface area contributed by atoms with Gasteiger partial charge in [0.25, 0.3) is 0 Å². The maximum absolute atomic E-state index is 6.23. The molecule has 2 atom stereocenters. The van der Waals surface area contributed by atoms with E-state index in [1.165, 1.54) is 36.9 Å². The molecule has 2 N–H and O–H groups in total. The van der Waals surface area contributed by atoms with Gasteiger partial charge in [0.05, 0.1) is 0 Å². The molecule has 7 nitrogen and oxygen atoms in total. The average Bonchev–Trinajstić information content (AvgIpc) is 3.04. The van der Waals surface area contributed by atoms with E-state index in [9.17, 15) is 0 Å². The lowest BCUT2D eigenvalue weighted by atomic mass is 9.69. The van der Waals surface area contributed by atoms with Crippen LogP contribution in [0.3, 0.4) is 0 Å². The zero-order valence-electron chi connectivity index (χ0n) is 26.1. The molecular formula is C35H46ClN7S. The number of rotatable bonds is 7. The molecular weight excluding hydrogens is 586 g/mol. The van der Waals surface area contributed by atoms with E-state index in [2.05, 4.69) is 87.7 Å². The molecule has 2 aromatic carbocycles. The summed E-state index contributed by atoms with van der Waals surface area (Å²) in [6, 6.07) is 21.2. The molecule has 2 unspecified atom stereocenters. The highest BCUT2D eigenvalue weighted by Crippen LogP contribution is 2.39. The number of aromatic nitrogens is 2. The van der Waals surface area contributed by atoms with Crippen molar-refractivity contribution in [2.24, 2.45) is 11.8 Å². The Morgan fingerprint density at radius 2 is 1.45 bits per heavy atom. The minimum Gasteiger partial charge on any atom is -0.368 e. The number of nitrogens with zero attached hydrogens (tertiary/aromatic N) is 5. The summed E-state index contributed by atoms with van der Waals surface area (Å²) in [7, 11) is 0. The molecule has 0 radical (unpaired) electrons. The van der Waals surface area contributed by atoms with Gasteiger partial charge in [0, 0.05) is 68.0 Å². The van der Waals surface area contributed by atoms with E-state index in [-0.39, 0.29) is 5.41 Å². The molecule has 0 bridgehead atoms. The summed E-state index contributed by atoms with van der Waals surface area (Å²) in [5.41, 5.74) is 2.65. The van der Waals surface area contributed by atoms with Crippen molar-refractivity contribution in [1.82, 2.24) is 15.3 Å². The van der Waals surface area contributed by atoms with Gasteiger partial charge in [0.2, 0.25) is 5.95 Å². The quantitative estimate of drug-likeness (QED) is 0.267. The number of hydrogen-bond donors (Lipinski definition) is 2. The maximum Gasteiger partial charge on any atom is 0.232 e. The number of hydrogen-bond acceptors (Lipinski definition) is 6. The molecule has 3 aromatic rings. The minimum atomic E-state index is 0.0426.